The first-order valence-electron chi connectivity index (χ1n) is 5.75. The van der Waals surface area contributed by atoms with Gasteiger partial charge in [-0.1, -0.05) is 0 Å². The van der Waals surface area contributed by atoms with Gasteiger partial charge in [0.15, 0.2) is 0 Å². The van der Waals surface area contributed by atoms with Crippen LogP contribution in [-0.4, -0.2) is 18.3 Å². The van der Waals surface area contributed by atoms with Crippen molar-refractivity contribution in [1.29, 1.82) is 0 Å². The molecule has 0 bridgehead atoms. The van der Waals surface area contributed by atoms with Crippen molar-refractivity contribution in [1.82, 2.24) is 3.56 Å². The van der Waals surface area contributed by atoms with Crippen LogP contribution in [0.25, 0.3) is 15.3 Å². The Morgan fingerprint density at radius 2 is 1.60 bits per heavy atom. The molecule has 6 heteroatoms. The molecule has 1 nitrogen and oxygen atoms in total. The molecule has 0 fully saturated rings. The summed E-state index contributed by atoms with van der Waals surface area (Å²) in [4.78, 5) is 0. The zero-order valence-corrected chi connectivity index (χ0v) is 12.5. The summed E-state index contributed by atoms with van der Waals surface area (Å²) in [5.41, 5.74) is 0.0654. The number of nitrogens with zero attached hydrogens (tertiary/aromatic N) is 1. The third-order valence-electron chi connectivity index (χ3n) is 2.92. The minimum atomic E-state index is -4.31. The molecular weight excluding hydrogens is 350 g/mol. The number of fused-ring (bicyclic) bond motifs is 1. The van der Waals surface area contributed by atoms with Gasteiger partial charge >= 0.3 is 124 Å². The molecule has 0 unspecified atom stereocenters. The number of alkyl halides is 3. The Morgan fingerprint density at radius 1 is 0.950 bits per heavy atom. The van der Waals surface area contributed by atoms with Crippen LogP contribution in [0.2, 0.25) is 0 Å². The molecule has 3 aromatic rings. The van der Waals surface area contributed by atoms with Crippen LogP contribution in [0.15, 0.2) is 48.5 Å². The Hall–Kier alpha value is -1.36. The Balaban J connectivity index is 2.12. The van der Waals surface area contributed by atoms with Crippen LogP contribution in [0.3, 0.4) is 0 Å². The molecule has 0 radical (unpaired) electrons. The van der Waals surface area contributed by atoms with E-state index in [2.05, 4.69) is 0 Å². The van der Waals surface area contributed by atoms with Gasteiger partial charge in [-0.2, -0.15) is 0 Å². The topological polar surface area (TPSA) is 4.93 Å². The number of hydrogen-bond donors (Lipinski definition) is 0. The molecule has 0 saturated heterocycles. The Bertz CT molecular complexity index is 815. The zero-order valence-electron chi connectivity index (χ0n) is 10.0. The maximum atomic E-state index is 12.6. The predicted molar refractivity (Wildman–Crippen MR) is 76.1 cm³/mol. The van der Waals surface area contributed by atoms with Crippen molar-refractivity contribution >= 4 is 36.6 Å². The number of benzene rings is 2. The van der Waals surface area contributed by atoms with Gasteiger partial charge in [0.1, 0.15) is 0 Å². The van der Waals surface area contributed by atoms with Crippen LogP contribution in [-0.2, 0) is 6.18 Å². The van der Waals surface area contributed by atoms with Crippen molar-refractivity contribution in [2.45, 2.75) is 6.18 Å². The van der Waals surface area contributed by atoms with Crippen LogP contribution >= 0.6 is 12.2 Å². The monoisotopic (exact) mass is 359 g/mol. The molecule has 1 aromatic heterocycles. The van der Waals surface area contributed by atoms with Gasteiger partial charge in [0.2, 0.25) is 0 Å². The fourth-order valence-corrected chi connectivity index (χ4v) is 4.66. The number of aromatic nitrogens is 1. The summed E-state index contributed by atoms with van der Waals surface area (Å²) in [7, 11) is 0. The van der Waals surface area contributed by atoms with Gasteiger partial charge in [0.05, 0.1) is 0 Å². The second kappa shape index (κ2) is 4.88. The standard InChI is InChI=1S/C14H8F3NSSe/c15-14(16,17)9-5-7-10(8-6-9)18-13(19)11-3-1-2-4-12(11)20-18/h1-8H. The van der Waals surface area contributed by atoms with E-state index in [1.54, 1.807) is 0 Å². The van der Waals surface area contributed by atoms with Crippen LogP contribution < -0.4 is 0 Å². The second-order valence-corrected chi connectivity index (χ2v) is 6.69. The van der Waals surface area contributed by atoms with Gasteiger partial charge in [0, 0.05) is 0 Å². The zero-order chi connectivity index (χ0) is 14.3. The normalized spacial score (nSPS) is 11.9. The van der Waals surface area contributed by atoms with Crippen LogP contribution in [0, 0.1) is 4.64 Å². The Kier molecular flexibility index (Phi) is 3.32. The fraction of sp³-hybridized carbons (Fsp3) is 0.0714. The van der Waals surface area contributed by atoms with Gasteiger partial charge in [-0.3, -0.25) is 0 Å². The van der Waals surface area contributed by atoms with Gasteiger partial charge < -0.3 is 0 Å². The molecule has 0 aliphatic carbocycles. The van der Waals surface area contributed by atoms with E-state index in [0.717, 1.165) is 21.8 Å². The Morgan fingerprint density at radius 3 is 2.20 bits per heavy atom. The average molecular weight is 358 g/mol. The van der Waals surface area contributed by atoms with E-state index in [0.29, 0.717) is 10.3 Å². The van der Waals surface area contributed by atoms with E-state index in [1.807, 2.05) is 27.8 Å². The SMILES string of the molecule is FC(F)(F)c1ccc(-n2[se]c3ccccc3c2=S)cc1. The second-order valence-electron chi connectivity index (χ2n) is 4.23. The molecule has 0 N–H and O–H groups in total. The van der Waals surface area contributed by atoms with Crippen molar-refractivity contribution in [3.05, 3.63) is 58.7 Å². The average Bonchev–Trinajstić information content (AvgIpc) is 2.76. The van der Waals surface area contributed by atoms with Crippen molar-refractivity contribution in [3.8, 4) is 5.69 Å². The van der Waals surface area contributed by atoms with E-state index in [4.69, 9.17) is 12.2 Å². The van der Waals surface area contributed by atoms with Crippen LogP contribution in [0.5, 0.6) is 0 Å². The number of rotatable bonds is 1. The van der Waals surface area contributed by atoms with Crippen molar-refractivity contribution in [3.63, 3.8) is 0 Å². The first kappa shape index (κ1) is 13.6. The number of hydrogen-bond acceptors (Lipinski definition) is 1. The van der Waals surface area contributed by atoms with E-state index >= 15 is 0 Å². The number of halogens is 3. The molecule has 102 valence electrons. The fourth-order valence-electron chi connectivity index (χ4n) is 1.93. The molecule has 20 heavy (non-hydrogen) atoms. The summed E-state index contributed by atoms with van der Waals surface area (Å²) in [5.74, 6) is 0. The molecule has 1 heterocycles. The van der Waals surface area contributed by atoms with Crippen LogP contribution in [0.4, 0.5) is 13.2 Å². The van der Waals surface area contributed by atoms with Crippen molar-refractivity contribution < 1.29 is 13.2 Å². The molecule has 0 aliphatic heterocycles. The molecular formula is C14H8F3NSSe. The summed E-state index contributed by atoms with van der Waals surface area (Å²) in [6.45, 7) is 0. The summed E-state index contributed by atoms with van der Waals surface area (Å²) in [5, 5.41) is 1.00. The van der Waals surface area contributed by atoms with Crippen LogP contribution in [0.1, 0.15) is 5.56 Å². The third kappa shape index (κ3) is 2.35. The van der Waals surface area contributed by atoms with E-state index in [9.17, 15) is 13.2 Å². The molecule has 0 atom stereocenters. The molecule has 0 amide bonds. The molecule has 0 saturated carbocycles. The van der Waals surface area contributed by atoms with E-state index in [1.165, 1.54) is 12.1 Å². The molecule has 0 spiro atoms. The quantitative estimate of drug-likeness (QED) is 0.460. The van der Waals surface area contributed by atoms with E-state index in [-0.39, 0.29) is 14.7 Å². The Labute approximate surface area is 124 Å². The molecule has 3 rings (SSSR count). The maximum absolute atomic E-state index is 12.6. The van der Waals surface area contributed by atoms with Gasteiger partial charge in [0.25, 0.3) is 0 Å². The first-order chi connectivity index (χ1) is 9.47. The van der Waals surface area contributed by atoms with Gasteiger partial charge in [-0.15, -0.1) is 0 Å². The van der Waals surface area contributed by atoms with E-state index < -0.39 is 11.7 Å². The van der Waals surface area contributed by atoms with Crippen molar-refractivity contribution in [2.75, 3.05) is 0 Å². The van der Waals surface area contributed by atoms with Gasteiger partial charge in [-0.05, 0) is 0 Å². The molecule has 2 aromatic carbocycles. The summed E-state index contributed by atoms with van der Waals surface area (Å²) in [6.07, 6.45) is -4.31. The first-order valence-corrected chi connectivity index (χ1v) is 7.78. The molecule has 0 aliphatic rings. The minimum absolute atomic E-state index is 0.0204. The summed E-state index contributed by atoms with van der Waals surface area (Å²) >= 11 is 5.38. The predicted octanol–water partition coefficient (Wildman–Crippen LogP) is 4.44. The summed E-state index contributed by atoms with van der Waals surface area (Å²) in [6, 6.07) is 13.0. The third-order valence-corrected chi connectivity index (χ3v) is 5.95. The van der Waals surface area contributed by atoms with Crippen molar-refractivity contribution in [2.24, 2.45) is 0 Å². The van der Waals surface area contributed by atoms with Gasteiger partial charge in [-0.25, -0.2) is 0 Å². The summed E-state index contributed by atoms with van der Waals surface area (Å²) < 4.78 is 41.4.